The van der Waals surface area contributed by atoms with E-state index in [0.717, 1.165) is 12.8 Å². The van der Waals surface area contributed by atoms with Gasteiger partial charge in [0, 0.05) is 25.8 Å². The van der Waals surface area contributed by atoms with Gasteiger partial charge in [-0.1, -0.05) is 109 Å². The highest BCUT2D eigenvalue weighted by Gasteiger charge is 2.27. The van der Waals surface area contributed by atoms with Crippen LogP contribution in [0, 0.1) is 0 Å². The van der Waals surface area contributed by atoms with Gasteiger partial charge in [-0.25, -0.2) is 9.13 Å². The maximum Gasteiger partial charge on any atom is 0.472 e. The molecule has 8 heteroatoms. The summed E-state index contributed by atoms with van der Waals surface area (Å²) in [4.78, 5) is 10.0. The van der Waals surface area contributed by atoms with Crippen LogP contribution in [-0.2, 0) is 29.6 Å². The fourth-order valence-corrected chi connectivity index (χ4v) is 5.20. The molecule has 0 aliphatic rings. The van der Waals surface area contributed by atoms with Crippen molar-refractivity contribution in [1.82, 2.24) is 0 Å². The van der Waals surface area contributed by atoms with Crippen molar-refractivity contribution in [2.75, 3.05) is 33.5 Å². The summed E-state index contributed by atoms with van der Waals surface area (Å²) >= 11 is 0. The summed E-state index contributed by atoms with van der Waals surface area (Å²) in [5.41, 5.74) is 0. The SMILES string of the molecule is CCCCCCCCCCCCCCCCCCOCC(COC)OP(=O)(O)OCC[n+]1ccccc1. The minimum absolute atomic E-state index is 0.0716. The lowest BCUT2D eigenvalue weighted by molar-refractivity contribution is -0.697. The number of hydrogen-bond acceptors (Lipinski definition) is 5. The van der Waals surface area contributed by atoms with Crippen LogP contribution in [0.25, 0.3) is 0 Å². The Bertz CT molecular complexity index is 663. The third-order valence-electron chi connectivity index (χ3n) is 6.46. The van der Waals surface area contributed by atoms with Crippen LogP contribution in [0.5, 0.6) is 0 Å². The molecule has 0 saturated heterocycles. The summed E-state index contributed by atoms with van der Waals surface area (Å²) in [6, 6.07) is 5.69. The lowest BCUT2D eigenvalue weighted by Crippen LogP contribution is -2.34. The highest BCUT2D eigenvalue weighted by molar-refractivity contribution is 7.47. The molecule has 2 unspecified atom stereocenters. The van der Waals surface area contributed by atoms with Crippen LogP contribution in [0.3, 0.4) is 0 Å². The third kappa shape index (κ3) is 21.8. The number of pyridine rings is 1. The number of rotatable bonds is 27. The molecule has 216 valence electrons. The predicted molar refractivity (Wildman–Crippen MR) is 150 cm³/mol. The van der Waals surface area contributed by atoms with E-state index in [1.54, 1.807) is 0 Å². The number of nitrogens with zero attached hydrogens (tertiary/aromatic N) is 1. The van der Waals surface area contributed by atoms with E-state index in [-0.39, 0.29) is 19.8 Å². The fraction of sp³-hybridized carbons (Fsp3) is 0.828. The summed E-state index contributed by atoms with van der Waals surface area (Å²) in [6.07, 6.45) is 24.5. The Kier molecular flexibility index (Phi) is 22.4. The maximum atomic E-state index is 12.3. The van der Waals surface area contributed by atoms with Gasteiger partial charge in [-0.2, -0.15) is 0 Å². The molecule has 7 nitrogen and oxygen atoms in total. The van der Waals surface area contributed by atoms with Gasteiger partial charge in [0.2, 0.25) is 0 Å². The molecule has 1 rings (SSSR count). The molecule has 2 atom stereocenters. The van der Waals surface area contributed by atoms with Crippen molar-refractivity contribution in [3.63, 3.8) is 0 Å². The van der Waals surface area contributed by atoms with Gasteiger partial charge in [0.1, 0.15) is 12.7 Å². The second kappa shape index (κ2) is 24.2. The molecular formula is C29H55NO6P+. The predicted octanol–water partition coefficient (Wildman–Crippen LogP) is 7.40. The topological polar surface area (TPSA) is 78.1 Å². The largest absolute Gasteiger partial charge is 0.472 e. The van der Waals surface area contributed by atoms with E-state index >= 15 is 0 Å². The molecule has 0 bridgehead atoms. The lowest BCUT2D eigenvalue weighted by atomic mass is 10.0. The van der Waals surface area contributed by atoms with E-state index in [1.807, 2.05) is 35.2 Å². The van der Waals surface area contributed by atoms with E-state index < -0.39 is 13.9 Å². The number of phosphoric acid groups is 1. The third-order valence-corrected chi connectivity index (χ3v) is 7.54. The smallest absolute Gasteiger partial charge is 0.382 e. The molecule has 0 amide bonds. The Balaban J connectivity index is 1.95. The van der Waals surface area contributed by atoms with Gasteiger partial charge >= 0.3 is 7.82 Å². The Morgan fingerprint density at radius 3 is 1.76 bits per heavy atom. The summed E-state index contributed by atoms with van der Waals surface area (Å²) in [6.45, 7) is 3.79. The Morgan fingerprint density at radius 1 is 0.730 bits per heavy atom. The first kappa shape index (κ1) is 34.2. The minimum Gasteiger partial charge on any atom is -0.382 e. The van der Waals surface area contributed by atoms with Gasteiger partial charge < -0.3 is 14.4 Å². The number of methoxy groups -OCH3 is 1. The highest BCUT2D eigenvalue weighted by Crippen LogP contribution is 2.44. The Labute approximate surface area is 226 Å². The van der Waals surface area contributed by atoms with E-state index in [9.17, 15) is 9.46 Å². The monoisotopic (exact) mass is 544 g/mol. The molecule has 0 radical (unpaired) electrons. The second-order valence-electron chi connectivity index (χ2n) is 9.98. The average molecular weight is 545 g/mol. The maximum absolute atomic E-state index is 12.3. The van der Waals surface area contributed by atoms with Crippen molar-refractivity contribution in [2.24, 2.45) is 0 Å². The van der Waals surface area contributed by atoms with Gasteiger partial charge in [0.05, 0.1) is 13.2 Å². The van der Waals surface area contributed by atoms with E-state index in [4.69, 9.17) is 18.5 Å². The van der Waals surface area contributed by atoms with Gasteiger partial charge in [-0.05, 0) is 6.42 Å². The van der Waals surface area contributed by atoms with Crippen LogP contribution in [0.15, 0.2) is 30.6 Å². The molecule has 0 aliphatic carbocycles. The van der Waals surface area contributed by atoms with Crippen molar-refractivity contribution < 1.29 is 32.5 Å². The molecule has 0 aromatic carbocycles. The van der Waals surface area contributed by atoms with Crippen LogP contribution in [0.1, 0.15) is 110 Å². The average Bonchev–Trinajstić information content (AvgIpc) is 2.88. The molecule has 0 spiro atoms. The van der Waals surface area contributed by atoms with Crippen molar-refractivity contribution in [2.45, 2.75) is 122 Å². The van der Waals surface area contributed by atoms with Crippen LogP contribution in [-0.4, -0.2) is 44.5 Å². The van der Waals surface area contributed by atoms with Crippen molar-refractivity contribution in [1.29, 1.82) is 0 Å². The second-order valence-corrected chi connectivity index (χ2v) is 11.4. The van der Waals surface area contributed by atoms with Crippen molar-refractivity contribution >= 4 is 7.82 Å². The van der Waals surface area contributed by atoms with Crippen LogP contribution >= 0.6 is 7.82 Å². The number of ether oxygens (including phenoxy) is 2. The van der Waals surface area contributed by atoms with Crippen LogP contribution < -0.4 is 4.57 Å². The highest BCUT2D eigenvalue weighted by atomic mass is 31.2. The lowest BCUT2D eigenvalue weighted by Gasteiger charge is -2.20. The van der Waals surface area contributed by atoms with E-state index in [0.29, 0.717) is 13.2 Å². The number of phosphoric ester groups is 1. The fourth-order valence-electron chi connectivity index (χ4n) is 4.33. The first-order chi connectivity index (χ1) is 18.1. The molecular weight excluding hydrogens is 489 g/mol. The van der Waals surface area contributed by atoms with E-state index in [1.165, 1.54) is 97.0 Å². The first-order valence-electron chi connectivity index (χ1n) is 14.7. The van der Waals surface area contributed by atoms with Crippen molar-refractivity contribution in [3.05, 3.63) is 30.6 Å². The summed E-state index contributed by atoms with van der Waals surface area (Å²) in [5, 5.41) is 0. The minimum atomic E-state index is -4.18. The van der Waals surface area contributed by atoms with E-state index in [2.05, 4.69) is 6.92 Å². The zero-order valence-electron chi connectivity index (χ0n) is 23.7. The van der Waals surface area contributed by atoms with Gasteiger partial charge in [0.25, 0.3) is 0 Å². The molecule has 0 aliphatic heterocycles. The molecule has 1 heterocycles. The quantitative estimate of drug-likeness (QED) is 0.0706. The number of unbranched alkanes of at least 4 members (excludes halogenated alkanes) is 15. The van der Waals surface area contributed by atoms with Crippen LogP contribution in [0.4, 0.5) is 0 Å². The molecule has 0 fully saturated rings. The number of hydrogen-bond donors (Lipinski definition) is 1. The molecule has 1 aromatic rings. The summed E-state index contributed by atoms with van der Waals surface area (Å²) in [5.74, 6) is 0. The van der Waals surface area contributed by atoms with Gasteiger partial charge in [0.15, 0.2) is 18.9 Å². The summed E-state index contributed by atoms with van der Waals surface area (Å²) in [7, 11) is -2.65. The first-order valence-corrected chi connectivity index (χ1v) is 16.2. The molecule has 1 N–H and O–H groups in total. The van der Waals surface area contributed by atoms with Gasteiger partial charge in [-0.3, -0.25) is 9.05 Å². The zero-order chi connectivity index (χ0) is 26.9. The standard InChI is InChI=1S/C29H54NO6P/c1-3-4-5-6-7-8-9-10-11-12-13-14-15-16-17-21-25-34-28-29(27-33-2)36-37(31,32)35-26-24-30-22-19-18-20-23-30/h18-20,22-23,29H,3-17,21,24-28H2,1-2H3/p+1. The molecule has 1 aromatic heterocycles. The number of aromatic nitrogens is 1. The summed E-state index contributed by atoms with van der Waals surface area (Å²) < 4.78 is 35.3. The molecule has 37 heavy (non-hydrogen) atoms. The van der Waals surface area contributed by atoms with Crippen molar-refractivity contribution in [3.8, 4) is 0 Å². The van der Waals surface area contributed by atoms with Crippen LogP contribution in [0.2, 0.25) is 0 Å². The Hall–Kier alpha value is -0.820. The van der Waals surface area contributed by atoms with Gasteiger partial charge in [-0.15, -0.1) is 0 Å². The zero-order valence-corrected chi connectivity index (χ0v) is 24.6. The normalized spacial score (nSPS) is 14.0. The Morgan fingerprint density at radius 2 is 1.24 bits per heavy atom. The molecule has 0 saturated carbocycles.